The molecule has 2 atom stereocenters. The minimum Gasteiger partial charge on any atom is -0.493 e. The molecule has 0 fully saturated rings. The maximum atomic E-state index is 13.9. The number of nitrogens with one attached hydrogen (secondary N) is 1. The molecule has 1 aliphatic carbocycles. The Morgan fingerprint density at radius 1 is 1.05 bits per heavy atom. The van der Waals surface area contributed by atoms with Crippen LogP contribution in [-0.4, -0.2) is 83.8 Å². The Morgan fingerprint density at radius 3 is 2.37 bits per heavy atom. The molecule has 2 aromatic carbocycles. The molecule has 236 valence electrons. The van der Waals surface area contributed by atoms with Crippen molar-refractivity contribution in [3.63, 3.8) is 0 Å². The molecule has 0 radical (unpaired) electrons. The number of rotatable bonds is 11. The molecule has 43 heavy (non-hydrogen) atoms. The number of alkyl halides is 3. The number of nitrogens with zero attached hydrogens (tertiary/aromatic N) is 3. The molecule has 0 amide bonds. The van der Waals surface area contributed by atoms with Crippen molar-refractivity contribution < 1.29 is 45.3 Å². The second-order valence-corrected chi connectivity index (χ2v) is 11.5. The molecule has 0 aliphatic heterocycles. The molecule has 0 unspecified atom stereocenters. The number of anilines is 2. The summed E-state index contributed by atoms with van der Waals surface area (Å²) in [5.74, 6) is -0.0630. The first-order valence-corrected chi connectivity index (χ1v) is 14.8. The molecule has 1 N–H and O–H groups in total. The van der Waals surface area contributed by atoms with E-state index in [-0.39, 0.29) is 12.4 Å². The van der Waals surface area contributed by atoms with Gasteiger partial charge in [-0.15, -0.1) is 0 Å². The summed E-state index contributed by atoms with van der Waals surface area (Å²) in [4.78, 5) is 7.86. The molecule has 1 aromatic heterocycles. The Labute approximate surface area is 248 Å². The van der Waals surface area contributed by atoms with Gasteiger partial charge in [0, 0.05) is 52.7 Å². The van der Waals surface area contributed by atoms with Crippen LogP contribution in [0, 0.1) is 0 Å². The van der Waals surface area contributed by atoms with E-state index in [2.05, 4.69) is 20.0 Å². The van der Waals surface area contributed by atoms with Crippen LogP contribution < -0.4 is 19.5 Å². The van der Waals surface area contributed by atoms with Crippen LogP contribution in [-0.2, 0) is 32.1 Å². The first kappa shape index (κ1) is 33.8. The maximum Gasteiger partial charge on any atom is 0.423 e. The first-order chi connectivity index (χ1) is 20.3. The van der Waals surface area contributed by atoms with E-state index in [0.29, 0.717) is 42.2 Å². The van der Waals surface area contributed by atoms with Crippen LogP contribution in [0.2, 0.25) is 0 Å². The third kappa shape index (κ3) is 8.69. The van der Waals surface area contributed by atoms with Crippen LogP contribution in [0.25, 0.3) is 0 Å². The lowest BCUT2D eigenvalue weighted by Crippen LogP contribution is -2.38. The average Bonchev–Trinajstić information content (AvgIpc) is 3.30. The Balaban J connectivity index is 0.00000162. The van der Waals surface area contributed by atoms with Crippen molar-refractivity contribution in [2.45, 2.75) is 24.7 Å². The summed E-state index contributed by atoms with van der Waals surface area (Å²) in [6.07, 6.45) is -3.94. The fourth-order valence-electron chi connectivity index (χ4n) is 4.36. The highest BCUT2D eigenvalue weighted by Crippen LogP contribution is 2.42. The van der Waals surface area contributed by atoms with E-state index in [4.69, 9.17) is 18.9 Å². The Kier molecular flexibility index (Phi) is 11.6. The molecule has 3 aromatic rings. The van der Waals surface area contributed by atoms with Gasteiger partial charge in [0.25, 0.3) is 0 Å². The lowest BCUT2D eigenvalue weighted by atomic mass is 10.1. The number of fused-ring (bicyclic) bond motifs is 1. The number of ether oxygens (including phenoxy) is 5. The second kappa shape index (κ2) is 14.7. The molecule has 1 aliphatic rings. The van der Waals surface area contributed by atoms with Crippen molar-refractivity contribution in [3.8, 4) is 17.4 Å². The van der Waals surface area contributed by atoms with Gasteiger partial charge in [-0.2, -0.15) is 22.5 Å². The molecule has 4 rings (SSSR count). The van der Waals surface area contributed by atoms with E-state index < -0.39 is 39.8 Å². The summed E-state index contributed by atoms with van der Waals surface area (Å²) in [5, 5.41) is 2.86. The standard InChI is InChI=1S/C26H29F3N4O6S.C2H6O/c1-33(40(4,34)35)23-18-8-6-5-7-16(18)13-22(23)39-24-19(26(27,28)29)15-30-25(32-24)31-17-9-10-20(21(14-17)37-3)38-12-11-36-2;1-3-2/h5-10,14-15,22-23H,11-13H2,1-4H3,(H,30,31,32);1-2H3/t22-,23-;/m1./s1. The predicted molar refractivity (Wildman–Crippen MR) is 154 cm³/mol. The van der Waals surface area contributed by atoms with Crippen LogP contribution in [0.4, 0.5) is 24.8 Å². The first-order valence-electron chi connectivity index (χ1n) is 12.9. The summed E-state index contributed by atoms with van der Waals surface area (Å²) in [6, 6.07) is 11.0. The van der Waals surface area contributed by atoms with Gasteiger partial charge in [0.2, 0.25) is 21.9 Å². The smallest absolute Gasteiger partial charge is 0.423 e. The molecule has 0 bridgehead atoms. The zero-order valence-corrected chi connectivity index (χ0v) is 25.5. The lowest BCUT2D eigenvalue weighted by Gasteiger charge is -2.29. The Bertz CT molecular complexity index is 1470. The molecular formula is C28H35F3N4O7S. The number of aromatic nitrogens is 2. The third-order valence-corrected chi connectivity index (χ3v) is 7.62. The van der Waals surface area contributed by atoms with Crippen molar-refractivity contribution >= 4 is 21.7 Å². The number of sulfonamides is 1. The number of hydrogen-bond acceptors (Lipinski definition) is 10. The van der Waals surface area contributed by atoms with Gasteiger partial charge >= 0.3 is 6.18 Å². The Hall–Kier alpha value is -3.66. The number of hydrogen-bond donors (Lipinski definition) is 1. The average molecular weight is 629 g/mol. The van der Waals surface area contributed by atoms with Gasteiger partial charge in [-0.1, -0.05) is 24.3 Å². The zero-order chi connectivity index (χ0) is 31.8. The van der Waals surface area contributed by atoms with E-state index in [0.717, 1.165) is 16.1 Å². The fourth-order valence-corrected chi connectivity index (χ4v) is 5.02. The van der Waals surface area contributed by atoms with Crippen molar-refractivity contribution in [2.24, 2.45) is 0 Å². The normalized spacial score (nSPS) is 16.2. The van der Waals surface area contributed by atoms with Gasteiger partial charge in [-0.25, -0.2) is 13.4 Å². The second-order valence-electron chi connectivity index (χ2n) is 9.43. The monoisotopic (exact) mass is 628 g/mol. The van der Waals surface area contributed by atoms with Gasteiger partial charge < -0.3 is 29.0 Å². The molecule has 0 saturated heterocycles. The van der Waals surface area contributed by atoms with Crippen molar-refractivity contribution in [2.75, 3.05) is 60.3 Å². The zero-order valence-electron chi connectivity index (χ0n) is 24.6. The van der Waals surface area contributed by atoms with Crippen LogP contribution in [0.15, 0.2) is 48.7 Å². The fraction of sp³-hybridized carbons (Fsp3) is 0.429. The molecule has 0 saturated carbocycles. The molecule has 15 heteroatoms. The van der Waals surface area contributed by atoms with Crippen LogP contribution in [0.5, 0.6) is 17.4 Å². The number of benzene rings is 2. The summed E-state index contributed by atoms with van der Waals surface area (Å²) in [6.45, 7) is 0.668. The predicted octanol–water partition coefficient (Wildman–Crippen LogP) is 4.47. The summed E-state index contributed by atoms with van der Waals surface area (Å²) >= 11 is 0. The molecule has 0 spiro atoms. The summed E-state index contributed by atoms with van der Waals surface area (Å²) in [5.41, 5.74) is 0.661. The van der Waals surface area contributed by atoms with Crippen LogP contribution in [0.3, 0.4) is 0 Å². The van der Waals surface area contributed by atoms with Gasteiger partial charge in [0.1, 0.15) is 18.3 Å². The molecular weight excluding hydrogens is 593 g/mol. The van der Waals surface area contributed by atoms with Crippen molar-refractivity contribution in [3.05, 3.63) is 65.4 Å². The quantitative estimate of drug-likeness (QED) is 0.305. The van der Waals surface area contributed by atoms with Crippen LogP contribution in [0.1, 0.15) is 22.7 Å². The highest BCUT2D eigenvalue weighted by atomic mass is 32.2. The van der Waals surface area contributed by atoms with Crippen molar-refractivity contribution in [1.29, 1.82) is 0 Å². The number of methoxy groups -OCH3 is 3. The van der Waals surface area contributed by atoms with E-state index in [1.807, 2.05) is 0 Å². The minimum atomic E-state index is -4.82. The van der Waals surface area contributed by atoms with Crippen LogP contribution >= 0.6 is 0 Å². The maximum absolute atomic E-state index is 13.9. The van der Waals surface area contributed by atoms with E-state index in [9.17, 15) is 21.6 Å². The lowest BCUT2D eigenvalue weighted by molar-refractivity contribution is -0.140. The summed E-state index contributed by atoms with van der Waals surface area (Å²) < 4.78 is 93.7. The van der Waals surface area contributed by atoms with E-state index in [1.54, 1.807) is 63.8 Å². The van der Waals surface area contributed by atoms with Gasteiger partial charge in [0.05, 0.1) is 26.0 Å². The van der Waals surface area contributed by atoms with E-state index in [1.165, 1.54) is 14.2 Å². The Morgan fingerprint density at radius 2 is 1.74 bits per heavy atom. The van der Waals surface area contributed by atoms with Gasteiger partial charge in [-0.05, 0) is 23.3 Å². The number of likely N-dealkylation sites (N-methyl/N-ethyl adjacent to an activating group) is 1. The van der Waals surface area contributed by atoms with Gasteiger partial charge in [-0.3, -0.25) is 0 Å². The molecule has 11 nitrogen and oxygen atoms in total. The topological polar surface area (TPSA) is 121 Å². The largest absolute Gasteiger partial charge is 0.493 e. The summed E-state index contributed by atoms with van der Waals surface area (Å²) in [7, 11) is 3.91. The van der Waals surface area contributed by atoms with Crippen molar-refractivity contribution in [1.82, 2.24) is 14.3 Å². The molecule has 1 heterocycles. The SMILES string of the molecule is COC.COCCOc1ccc(Nc2ncc(C(F)(F)F)c(O[C@@H]3Cc4ccccc4[C@H]3N(C)S(C)(=O)=O)n2)cc1OC. The van der Waals surface area contributed by atoms with E-state index >= 15 is 0 Å². The third-order valence-electron chi connectivity index (χ3n) is 6.35. The number of halogens is 3. The van der Waals surface area contributed by atoms with Gasteiger partial charge in [0.15, 0.2) is 11.5 Å². The highest BCUT2D eigenvalue weighted by molar-refractivity contribution is 7.88. The minimum absolute atomic E-state index is 0.165. The highest BCUT2D eigenvalue weighted by Gasteiger charge is 2.43.